The van der Waals surface area contributed by atoms with Gasteiger partial charge in [-0.05, 0) is 6.92 Å². The number of alkyl halides is 1. The molecular formula is C8H17FNO2+. The van der Waals surface area contributed by atoms with Gasteiger partial charge in [0.05, 0.1) is 27.7 Å². The van der Waals surface area contributed by atoms with E-state index in [1.165, 1.54) is 7.11 Å². The summed E-state index contributed by atoms with van der Waals surface area (Å²) in [7, 11) is 4.81. The van der Waals surface area contributed by atoms with Crippen molar-refractivity contribution in [2.75, 3.05) is 34.5 Å². The summed E-state index contributed by atoms with van der Waals surface area (Å²) in [4.78, 5) is 11.0. The lowest BCUT2D eigenvalue weighted by Crippen LogP contribution is -2.44. The van der Waals surface area contributed by atoms with Gasteiger partial charge in [0.2, 0.25) is 6.80 Å². The van der Waals surface area contributed by atoms with Crippen LogP contribution in [-0.2, 0) is 9.53 Å². The molecule has 0 bridgehead atoms. The predicted molar refractivity (Wildman–Crippen MR) is 44.1 cm³/mol. The maximum Gasteiger partial charge on any atom is 0.314 e. The molecule has 12 heavy (non-hydrogen) atoms. The minimum Gasteiger partial charge on any atom is -0.469 e. The molecule has 0 unspecified atom stereocenters. The summed E-state index contributed by atoms with van der Waals surface area (Å²) in [6.45, 7) is 1.73. The summed E-state index contributed by atoms with van der Waals surface area (Å²) >= 11 is 0. The molecule has 0 aromatic heterocycles. The van der Waals surface area contributed by atoms with E-state index in [0.29, 0.717) is 6.54 Å². The minimum absolute atomic E-state index is 0.191. The Morgan fingerprint density at radius 1 is 1.58 bits per heavy atom. The third-order valence-corrected chi connectivity index (χ3v) is 1.70. The number of methoxy groups -OCH3 is 1. The van der Waals surface area contributed by atoms with Gasteiger partial charge in [0, 0.05) is 0 Å². The lowest BCUT2D eigenvalue weighted by Gasteiger charge is -2.27. The number of hydrogen-bond donors (Lipinski definition) is 0. The molecule has 0 aliphatic heterocycles. The molecule has 0 saturated carbocycles. The standard InChI is InChI=1S/C8H17FNO2/c1-7(8(11)12-4)5-10(2,3)6-9/h7H,5-6H2,1-4H3/q+1/t7-/m0/s1. The van der Waals surface area contributed by atoms with Crippen LogP contribution in [0.4, 0.5) is 4.39 Å². The second-order valence-corrected chi connectivity index (χ2v) is 3.66. The van der Waals surface area contributed by atoms with Crippen molar-refractivity contribution in [1.29, 1.82) is 0 Å². The van der Waals surface area contributed by atoms with E-state index in [1.54, 1.807) is 21.0 Å². The van der Waals surface area contributed by atoms with Crippen molar-refractivity contribution in [1.82, 2.24) is 0 Å². The molecule has 0 amide bonds. The summed E-state index contributed by atoms with van der Waals surface area (Å²) in [6.07, 6.45) is 0. The normalized spacial score (nSPS) is 14.1. The monoisotopic (exact) mass is 178 g/mol. The zero-order chi connectivity index (χ0) is 9.78. The van der Waals surface area contributed by atoms with Gasteiger partial charge in [-0.2, -0.15) is 4.39 Å². The van der Waals surface area contributed by atoms with Crippen LogP contribution >= 0.6 is 0 Å². The Kier molecular flexibility index (Phi) is 4.17. The Bertz CT molecular complexity index is 159. The summed E-state index contributed by atoms with van der Waals surface area (Å²) in [5.41, 5.74) is 0. The van der Waals surface area contributed by atoms with Crippen LogP contribution in [0.3, 0.4) is 0 Å². The van der Waals surface area contributed by atoms with Crippen LogP contribution in [0, 0.1) is 5.92 Å². The predicted octanol–water partition coefficient (Wildman–Crippen LogP) is 0.799. The zero-order valence-corrected chi connectivity index (χ0v) is 8.13. The Morgan fingerprint density at radius 2 is 2.08 bits per heavy atom. The average Bonchev–Trinajstić information content (AvgIpc) is 2.02. The molecule has 1 atom stereocenters. The molecule has 0 aliphatic carbocycles. The highest BCUT2D eigenvalue weighted by molar-refractivity contribution is 5.71. The Balaban J connectivity index is 3.99. The molecular weight excluding hydrogens is 161 g/mol. The van der Waals surface area contributed by atoms with Gasteiger partial charge in [-0.3, -0.25) is 4.79 Å². The first kappa shape index (κ1) is 11.4. The fourth-order valence-corrected chi connectivity index (χ4v) is 1.07. The number of esters is 1. The number of halogens is 1. The smallest absolute Gasteiger partial charge is 0.314 e. The number of ether oxygens (including phenoxy) is 1. The van der Waals surface area contributed by atoms with Gasteiger partial charge in [-0.15, -0.1) is 0 Å². The van der Waals surface area contributed by atoms with Gasteiger partial charge in [0.25, 0.3) is 0 Å². The largest absolute Gasteiger partial charge is 0.469 e. The number of carbonyl (C=O) groups is 1. The van der Waals surface area contributed by atoms with Gasteiger partial charge in [-0.25, -0.2) is 0 Å². The fraction of sp³-hybridized carbons (Fsp3) is 0.875. The molecule has 0 aromatic rings. The number of nitrogens with zero attached hydrogens (tertiary/aromatic N) is 1. The van der Waals surface area contributed by atoms with E-state index >= 15 is 0 Å². The molecule has 72 valence electrons. The van der Waals surface area contributed by atoms with Crippen LogP contribution in [0.25, 0.3) is 0 Å². The van der Waals surface area contributed by atoms with Crippen molar-refractivity contribution >= 4 is 5.97 Å². The summed E-state index contributed by atoms with van der Waals surface area (Å²) in [5, 5.41) is 0. The minimum atomic E-state index is -0.471. The van der Waals surface area contributed by atoms with E-state index in [9.17, 15) is 9.18 Å². The molecule has 0 fully saturated rings. The maximum atomic E-state index is 12.3. The molecule has 0 aromatic carbocycles. The second-order valence-electron chi connectivity index (χ2n) is 3.66. The topological polar surface area (TPSA) is 26.3 Å². The van der Waals surface area contributed by atoms with E-state index in [1.807, 2.05) is 0 Å². The number of hydrogen-bond acceptors (Lipinski definition) is 2. The van der Waals surface area contributed by atoms with Crippen molar-refractivity contribution in [2.45, 2.75) is 6.92 Å². The van der Waals surface area contributed by atoms with E-state index in [4.69, 9.17) is 0 Å². The average molecular weight is 178 g/mol. The quantitative estimate of drug-likeness (QED) is 0.361. The molecule has 3 nitrogen and oxygen atoms in total. The third kappa shape index (κ3) is 3.67. The highest BCUT2D eigenvalue weighted by atomic mass is 19.1. The molecule has 0 spiro atoms. The van der Waals surface area contributed by atoms with Gasteiger partial charge in [0.15, 0.2) is 0 Å². The van der Waals surface area contributed by atoms with E-state index in [0.717, 1.165) is 0 Å². The molecule has 4 heteroatoms. The zero-order valence-electron chi connectivity index (χ0n) is 8.13. The van der Waals surface area contributed by atoms with Crippen LogP contribution < -0.4 is 0 Å². The van der Waals surface area contributed by atoms with Crippen molar-refractivity contribution in [2.24, 2.45) is 5.92 Å². The second kappa shape index (κ2) is 4.40. The van der Waals surface area contributed by atoms with E-state index < -0.39 is 6.80 Å². The highest BCUT2D eigenvalue weighted by Crippen LogP contribution is 2.06. The number of quaternary nitrogens is 1. The number of carbonyl (C=O) groups excluding carboxylic acids is 1. The summed E-state index contributed by atoms with van der Waals surface area (Å²) in [6, 6.07) is 0. The van der Waals surface area contributed by atoms with Gasteiger partial charge in [-0.1, -0.05) is 0 Å². The van der Waals surface area contributed by atoms with Gasteiger partial charge in [0.1, 0.15) is 5.92 Å². The van der Waals surface area contributed by atoms with E-state index in [2.05, 4.69) is 4.74 Å². The molecule has 0 radical (unpaired) electrons. The molecule has 0 heterocycles. The summed E-state index contributed by atoms with van der Waals surface area (Å²) in [5.74, 6) is -0.532. The van der Waals surface area contributed by atoms with Gasteiger partial charge >= 0.3 is 5.97 Å². The Labute approximate surface area is 72.7 Å². The molecule has 0 saturated heterocycles. The van der Waals surface area contributed by atoms with Crippen LogP contribution in [0.2, 0.25) is 0 Å². The van der Waals surface area contributed by atoms with Crippen molar-refractivity contribution in [3.05, 3.63) is 0 Å². The third-order valence-electron chi connectivity index (χ3n) is 1.70. The molecule has 0 aliphatic rings. The van der Waals surface area contributed by atoms with Crippen molar-refractivity contribution in [3.8, 4) is 0 Å². The molecule has 0 N–H and O–H groups in total. The summed E-state index contributed by atoms with van der Waals surface area (Å²) < 4.78 is 17.0. The van der Waals surface area contributed by atoms with Crippen LogP contribution in [0.15, 0.2) is 0 Å². The van der Waals surface area contributed by atoms with Crippen LogP contribution in [0.1, 0.15) is 6.92 Å². The Morgan fingerprint density at radius 3 is 2.42 bits per heavy atom. The van der Waals surface area contributed by atoms with Crippen LogP contribution in [-0.4, -0.2) is 45.0 Å². The lowest BCUT2D eigenvalue weighted by atomic mass is 10.1. The van der Waals surface area contributed by atoms with Crippen molar-refractivity contribution < 1.29 is 18.4 Å². The van der Waals surface area contributed by atoms with Crippen LogP contribution in [0.5, 0.6) is 0 Å². The molecule has 0 rings (SSSR count). The first-order chi connectivity index (χ1) is 5.43. The first-order valence-corrected chi connectivity index (χ1v) is 3.88. The maximum absolute atomic E-state index is 12.3. The Hall–Kier alpha value is -0.640. The van der Waals surface area contributed by atoms with Gasteiger partial charge < -0.3 is 9.22 Å². The first-order valence-electron chi connectivity index (χ1n) is 3.88. The highest BCUT2D eigenvalue weighted by Gasteiger charge is 2.24. The lowest BCUT2D eigenvalue weighted by molar-refractivity contribution is -0.904. The SMILES string of the molecule is COC(=O)[C@@H](C)C[N+](C)(C)CF. The number of rotatable bonds is 4. The van der Waals surface area contributed by atoms with E-state index in [-0.39, 0.29) is 16.4 Å². The fourth-order valence-electron chi connectivity index (χ4n) is 1.07. The van der Waals surface area contributed by atoms with Crippen molar-refractivity contribution in [3.63, 3.8) is 0 Å².